The lowest BCUT2D eigenvalue weighted by molar-refractivity contribution is -0.112. The van der Waals surface area contributed by atoms with Gasteiger partial charge in [-0.2, -0.15) is 13.9 Å². The van der Waals surface area contributed by atoms with Gasteiger partial charge in [-0.1, -0.05) is 6.07 Å². The Kier molecular flexibility index (Phi) is 6.14. The first-order valence-corrected chi connectivity index (χ1v) is 10.9. The van der Waals surface area contributed by atoms with Crippen LogP contribution in [0.4, 0.5) is 14.5 Å². The van der Waals surface area contributed by atoms with Crippen molar-refractivity contribution in [3.63, 3.8) is 0 Å². The van der Waals surface area contributed by atoms with Gasteiger partial charge in [0.25, 0.3) is 11.8 Å². The van der Waals surface area contributed by atoms with Crippen LogP contribution in [0.3, 0.4) is 0 Å². The number of hydrogen-bond acceptors (Lipinski definition) is 5. The van der Waals surface area contributed by atoms with E-state index in [1.807, 2.05) is 17.8 Å². The van der Waals surface area contributed by atoms with Crippen LogP contribution in [0.25, 0.3) is 10.9 Å². The lowest BCUT2D eigenvalue weighted by Crippen LogP contribution is -2.19. The number of hydrogen-bond donors (Lipinski definition) is 1. The fraction of sp³-hybridized carbons (Fsp3) is 0.417. The number of carbonyl (C=O) groups excluding carboxylic acids is 2. The smallest absolute Gasteiger partial charge is 0.287 e. The molecule has 0 unspecified atom stereocenters. The van der Waals surface area contributed by atoms with Crippen LogP contribution >= 0.6 is 0 Å². The number of carbonyl (C=O) groups is 2. The quantitative estimate of drug-likeness (QED) is 0.525. The van der Waals surface area contributed by atoms with Gasteiger partial charge in [-0.25, -0.2) is 4.98 Å². The Morgan fingerprint density at radius 3 is 2.64 bits per heavy atom. The first-order chi connectivity index (χ1) is 15.7. The lowest BCUT2D eigenvalue weighted by Gasteiger charge is -2.25. The van der Waals surface area contributed by atoms with Crippen LogP contribution < -0.4 is 10.1 Å². The molecule has 1 amide bonds. The Hall–Kier alpha value is -3.36. The third-order valence-electron chi connectivity index (χ3n) is 6.19. The maximum absolute atomic E-state index is 13.6. The summed E-state index contributed by atoms with van der Waals surface area (Å²) in [6, 6.07) is 5.92. The lowest BCUT2D eigenvalue weighted by atomic mass is 9.87. The number of halogens is 2. The molecule has 9 heteroatoms. The number of nitrogens with one attached hydrogen (secondary N) is 1. The van der Waals surface area contributed by atoms with Gasteiger partial charge in [0.1, 0.15) is 23.4 Å². The highest BCUT2D eigenvalue weighted by atomic mass is 19.3. The van der Waals surface area contributed by atoms with Gasteiger partial charge in [-0.3, -0.25) is 9.48 Å². The van der Waals surface area contributed by atoms with Crippen molar-refractivity contribution in [1.29, 1.82) is 0 Å². The first-order valence-electron chi connectivity index (χ1n) is 10.9. The molecular formula is C24H26F2N4O3. The van der Waals surface area contributed by atoms with Gasteiger partial charge < -0.3 is 14.8 Å². The Morgan fingerprint density at radius 1 is 1.27 bits per heavy atom. The number of alkyl halides is 2. The Balaban J connectivity index is 1.64. The molecule has 0 atom stereocenters. The zero-order valence-electron chi connectivity index (χ0n) is 18.8. The summed E-state index contributed by atoms with van der Waals surface area (Å²) in [5, 5.41) is 8.32. The van der Waals surface area contributed by atoms with E-state index in [-0.39, 0.29) is 17.7 Å². The Labute approximate surface area is 190 Å². The summed E-state index contributed by atoms with van der Waals surface area (Å²) in [6.45, 7) is 2.59. The van der Waals surface area contributed by atoms with E-state index in [9.17, 15) is 18.4 Å². The Bertz CT molecular complexity index is 1190. The predicted molar refractivity (Wildman–Crippen MR) is 120 cm³/mol. The van der Waals surface area contributed by atoms with Crippen molar-refractivity contribution < 1.29 is 23.1 Å². The molecule has 0 spiro atoms. The standard InChI is InChI=1S/C24H26F2N4O3/c1-14-21-16(12-30(29-21)17-9-7-15(13-31)8-10-17)11-19(22(14)33-3)28-23(32)18-5-4-6-20(27-18)24(2,25)26/h4-6,11-13,15,17H,7-10H2,1-3H3,(H,28,32). The van der Waals surface area contributed by atoms with Crippen LogP contribution in [-0.2, 0) is 10.7 Å². The monoisotopic (exact) mass is 456 g/mol. The predicted octanol–water partition coefficient (Wildman–Crippen LogP) is 5.04. The van der Waals surface area contributed by atoms with E-state index in [1.54, 1.807) is 6.07 Å². The van der Waals surface area contributed by atoms with Gasteiger partial charge in [0, 0.05) is 30.0 Å². The van der Waals surface area contributed by atoms with Crippen LogP contribution in [0.5, 0.6) is 5.75 Å². The number of pyridine rings is 1. The van der Waals surface area contributed by atoms with Gasteiger partial charge >= 0.3 is 0 Å². The number of anilines is 1. The van der Waals surface area contributed by atoms with Crippen LogP contribution in [0.15, 0.2) is 30.5 Å². The summed E-state index contributed by atoms with van der Waals surface area (Å²) in [4.78, 5) is 27.7. The van der Waals surface area contributed by atoms with Gasteiger partial charge in [-0.05, 0) is 50.8 Å². The molecule has 33 heavy (non-hydrogen) atoms. The number of rotatable bonds is 6. The molecular weight excluding hydrogens is 430 g/mol. The van der Waals surface area contributed by atoms with Gasteiger partial charge in [0.05, 0.1) is 24.4 Å². The van der Waals surface area contributed by atoms with Crippen molar-refractivity contribution in [2.75, 3.05) is 12.4 Å². The largest absolute Gasteiger partial charge is 0.494 e. The number of benzene rings is 1. The average Bonchev–Trinajstić information content (AvgIpc) is 3.23. The topological polar surface area (TPSA) is 86.1 Å². The van der Waals surface area contributed by atoms with E-state index in [1.165, 1.54) is 25.3 Å². The van der Waals surface area contributed by atoms with E-state index in [2.05, 4.69) is 10.3 Å². The molecule has 1 N–H and O–H groups in total. The van der Waals surface area contributed by atoms with Crippen LogP contribution in [-0.4, -0.2) is 34.1 Å². The fourth-order valence-electron chi connectivity index (χ4n) is 4.37. The number of methoxy groups -OCH3 is 1. The molecule has 1 aromatic carbocycles. The molecule has 1 fully saturated rings. The fourth-order valence-corrected chi connectivity index (χ4v) is 4.37. The van der Waals surface area contributed by atoms with Crippen LogP contribution in [0.1, 0.15) is 60.4 Å². The number of aromatic nitrogens is 3. The Morgan fingerprint density at radius 2 is 2.00 bits per heavy atom. The number of nitrogens with zero attached hydrogens (tertiary/aromatic N) is 3. The van der Waals surface area contributed by atoms with Crippen molar-refractivity contribution in [2.24, 2.45) is 5.92 Å². The highest BCUT2D eigenvalue weighted by molar-refractivity contribution is 6.05. The molecule has 1 saturated carbocycles. The van der Waals surface area contributed by atoms with Crippen molar-refractivity contribution in [2.45, 2.75) is 51.5 Å². The summed E-state index contributed by atoms with van der Waals surface area (Å²) >= 11 is 0. The molecule has 3 aromatic rings. The third-order valence-corrected chi connectivity index (χ3v) is 6.19. The van der Waals surface area contributed by atoms with Gasteiger partial charge in [-0.15, -0.1) is 0 Å². The molecule has 4 rings (SSSR count). The summed E-state index contributed by atoms with van der Waals surface area (Å²) in [7, 11) is 1.50. The number of amides is 1. The normalized spacial score (nSPS) is 18.8. The second-order valence-corrected chi connectivity index (χ2v) is 8.58. The van der Waals surface area contributed by atoms with E-state index < -0.39 is 17.5 Å². The van der Waals surface area contributed by atoms with Crippen molar-refractivity contribution in [3.05, 3.63) is 47.4 Å². The molecule has 174 valence electrons. The molecule has 2 heterocycles. The average molecular weight is 456 g/mol. The van der Waals surface area contributed by atoms with Crippen LogP contribution in [0.2, 0.25) is 0 Å². The first kappa shape index (κ1) is 22.8. The zero-order chi connectivity index (χ0) is 23.8. The SMILES string of the molecule is COc1c(NC(=O)c2cccc(C(C)(F)F)n2)cc2cn(C3CCC(C=O)CC3)nc2c1C. The number of ether oxygens (including phenoxy) is 1. The molecule has 0 bridgehead atoms. The van der Waals surface area contributed by atoms with Crippen LogP contribution in [0, 0.1) is 12.8 Å². The van der Waals surface area contributed by atoms with Crippen molar-refractivity contribution >= 4 is 28.8 Å². The van der Waals surface area contributed by atoms with E-state index in [4.69, 9.17) is 9.84 Å². The summed E-state index contributed by atoms with van der Waals surface area (Å²) in [5.41, 5.74) is 1.34. The minimum absolute atomic E-state index is 0.114. The van der Waals surface area contributed by atoms with E-state index in [0.29, 0.717) is 11.4 Å². The second-order valence-electron chi connectivity index (χ2n) is 8.58. The third kappa shape index (κ3) is 4.58. The molecule has 0 radical (unpaired) electrons. The minimum Gasteiger partial charge on any atom is -0.494 e. The summed E-state index contributed by atoms with van der Waals surface area (Å²) < 4.78 is 34.7. The zero-order valence-corrected chi connectivity index (χ0v) is 18.8. The maximum atomic E-state index is 13.6. The van der Waals surface area contributed by atoms with E-state index >= 15 is 0 Å². The molecule has 2 aromatic heterocycles. The maximum Gasteiger partial charge on any atom is 0.287 e. The number of aryl methyl sites for hydroxylation is 1. The molecule has 1 aliphatic rings. The van der Waals surface area contributed by atoms with E-state index in [0.717, 1.165) is 55.4 Å². The molecule has 7 nitrogen and oxygen atoms in total. The molecule has 0 aliphatic heterocycles. The van der Waals surface area contributed by atoms with Gasteiger partial charge in [0.2, 0.25) is 0 Å². The minimum atomic E-state index is -3.15. The summed E-state index contributed by atoms with van der Waals surface area (Å²) in [6.07, 6.45) is 6.40. The number of aldehydes is 1. The number of fused-ring (bicyclic) bond motifs is 1. The van der Waals surface area contributed by atoms with Crippen molar-refractivity contribution in [3.8, 4) is 5.75 Å². The van der Waals surface area contributed by atoms with Gasteiger partial charge in [0.15, 0.2) is 0 Å². The highest BCUT2D eigenvalue weighted by Crippen LogP contribution is 2.37. The highest BCUT2D eigenvalue weighted by Gasteiger charge is 2.27. The summed E-state index contributed by atoms with van der Waals surface area (Å²) in [5.74, 6) is -3.20. The second kappa shape index (κ2) is 8.88. The molecule has 1 aliphatic carbocycles. The molecule has 0 saturated heterocycles. The van der Waals surface area contributed by atoms with Crippen molar-refractivity contribution in [1.82, 2.24) is 14.8 Å².